The fourth-order valence-electron chi connectivity index (χ4n) is 1.14. The van der Waals surface area contributed by atoms with E-state index in [9.17, 15) is 4.79 Å². The number of unbranched alkanes of at least 4 members (excludes halogenated alkanes) is 2. The largest absolute Gasteiger partial charge is 0.396 e. The van der Waals surface area contributed by atoms with E-state index in [0.29, 0.717) is 10.2 Å². The number of aromatic nitrogens is 2. The molecule has 0 unspecified atom stereocenters. The van der Waals surface area contributed by atoms with Gasteiger partial charge < -0.3 is 10.4 Å². The SMILES string of the molecule is O=c1[nH]ncc(NCCCCCO)c1Br. The summed E-state index contributed by atoms with van der Waals surface area (Å²) < 4.78 is 0.472. The van der Waals surface area contributed by atoms with E-state index in [0.717, 1.165) is 25.8 Å². The van der Waals surface area contributed by atoms with Crippen molar-refractivity contribution in [3.8, 4) is 0 Å². The predicted molar refractivity (Wildman–Crippen MR) is 62.0 cm³/mol. The normalized spacial score (nSPS) is 10.3. The van der Waals surface area contributed by atoms with Gasteiger partial charge in [-0.1, -0.05) is 0 Å². The van der Waals surface area contributed by atoms with E-state index in [4.69, 9.17) is 5.11 Å². The molecule has 0 fully saturated rings. The van der Waals surface area contributed by atoms with Crippen molar-refractivity contribution in [3.63, 3.8) is 0 Å². The van der Waals surface area contributed by atoms with Crippen molar-refractivity contribution in [2.24, 2.45) is 0 Å². The molecule has 0 aromatic carbocycles. The number of halogens is 1. The molecule has 1 heterocycles. The molecule has 0 amide bonds. The van der Waals surface area contributed by atoms with Crippen LogP contribution in [0.4, 0.5) is 5.69 Å². The van der Waals surface area contributed by atoms with E-state index < -0.39 is 0 Å². The molecule has 84 valence electrons. The number of rotatable bonds is 6. The molecular weight excluding hydrogens is 262 g/mol. The van der Waals surface area contributed by atoms with Gasteiger partial charge in [0, 0.05) is 13.2 Å². The summed E-state index contributed by atoms with van der Waals surface area (Å²) in [6.45, 7) is 1.000. The first-order chi connectivity index (χ1) is 7.25. The Balaban J connectivity index is 2.38. The topological polar surface area (TPSA) is 78.0 Å². The summed E-state index contributed by atoms with van der Waals surface area (Å²) in [7, 11) is 0. The number of anilines is 1. The van der Waals surface area contributed by atoms with Crippen LogP contribution in [-0.2, 0) is 0 Å². The minimum atomic E-state index is -0.240. The summed E-state index contributed by atoms with van der Waals surface area (Å²) in [5, 5.41) is 17.7. The standard InChI is InChI=1S/C9H14BrN3O2/c10-8-7(6-12-13-9(8)15)11-4-2-1-3-5-14/h6,14H,1-5H2,(H2,11,13,15). The van der Waals surface area contributed by atoms with Crippen LogP contribution in [0.1, 0.15) is 19.3 Å². The Hall–Kier alpha value is -0.880. The maximum absolute atomic E-state index is 11.1. The van der Waals surface area contributed by atoms with Gasteiger partial charge in [0.2, 0.25) is 0 Å². The van der Waals surface area contributed by atoms with Crippen molar-refractivity contribution in [3.05, 3.63) is 21.0 Å². The Kier molecular flexibility index (Phi) is 5.34. The average molecular weight is 276 g/mol. The fourth-order valence-corrected chi connectivity index (χ4v) is 1.47. The van der Waals surface area contributed by atoms with Gasteiger partial charge >= 0.3 is 0 Å². The van der Waals surface area contributed by atoms with Gasteiger partial charge in [0.15, 0.2) is 0 Å². The zero-order valence-electron chi connectivity index (χ0n) is 8.29. The number of H-pyrrole nitrogens is 1. The molecule has 5 nitrogen and oxygen atoms in total. The maximum atomic E-state index is 11.1. The summed E-state index contributed by atoms with van der Waals surface area (Å²) in [6.07, 6.45) is 4.31. The molecule has 0 radical (unpaired) electrons. The second-order valence-corrected chi connectivity index (χ2v) is 3.93. The Labute approximate surface area is 96.0 Å². The predicted octanol–water partition coefficient (Wildman–Crippen LogP) is 1.11. The van der Waals surface area contributed by atoms with Gasteiger partial charge in [-0.2, -0.15) is 5.10 Å². The molecule has 0 saturated carbocycles. The van der Waals surface area contributed by atoms with Crippen LogP contribution in [0.25, 0.3) is 0 Å². The highest BCUT2D eigenvalue weighted by Crippen LogP contribution is 2.15. The third kappa shape index (κ3) is 4.01. The third-order valence-electron chi connectivity index (χ3n) is 1.95. The van der Waals surface area contributed by atoms with Gasteiger partial charge in [-0.25, -0.2) is 5.10 Å². The summed E-state index contributed by atoms with van der Waals surface area (Å²) in [5.74, 6) is 0. The molecule has 15 heavy (non-hydrogen) atoms. The van der Waals surface area contributed by atoms with E-state index in [1.165, 1.54) is 0 Å². The van der Waals surface area contributed by atoms with Crippen molar-refractivity contribution in [1.82, 2.24) is 10.2 Å². The van der Waals surface area contributed by atoms with E-state index in [1.807, 2.05) is 0 Å². The summed E-state index contributed by atoms with van der Waals surface area (Å²) in [6, 6.07) is 0. The number of hydrogen-bond donors (Lipinski definition) is 3. The smallest absolute Gasteiger partial charge is 0.280 e. The summed E-state index contributed by atoms with van der Waals surface area (Å²) in [4.78, 5) is 11.1. The van der Waals surface area contributed by atoms with Crippen molar-refractivity contribution in [2.75, 3.05) is 18.5 Å². The van der Waals surface area contributed by atoms with Gasteiger partial charge in [-0.05, 0) is 35.2 Å². The molecule has 6 heteroatoms. The fraction of sp³-hybridized carbons (Fsp3) is 0.556. The zero-order chi connectivity index (χ0) is 11.1. The third-order valence-corrected chi connectivity index (χ3v) is 2.73. The van der Waals surface area contributed by atoms with Gasteiger partial charge in [-0.15, -0.1) is 0 Å². The molecule has 0 aliphatic heterocycles. The summed E-state index contributed by atoms with van der Waals surface area (Å²) in [5.41, 5.74) is 0.457. The molecule has 1 rings (SSSR count). The lowest BCUT2D eigenvalue weighted by Crippen LogP contribution is -2.12. The van der Waals surface area contributed by atoms with Gasteiger partial charge in [-0.3, -0.25) is 4.79 Å². The number of aliphatic hydroxyl groups is 1. The van der Waals surface area contributed by atoms with E-state index in [-0.39, 0.29) is 12.2 Å². The molecule has 1 aromatic rings. The highest BCUT2D eigenvalue weighted by atomic mass is 79.9. The summed E-state index contributed by atoms with van der Waals surface area (Å²) >= 11 is 3.18. The molecule has 0 aliphatic carbocycles. The first-order valence-corrected chi connectivity index (χ1v) is 5.63. The Morgan fingerprint density at radius 1 is 1.47 bits per heavy atom. The molecule has 0 spiro atoms. The van der Waals surface area contributed by atoms with Crippen LogP contribution in [0.15, 0.2) is 15.5 Å². The molecular formula is C9H14BrN3O2. The van der Waals surface area contributed by atoms with Crippen molar-refractivity contribution in [2.45, 2.75) is 19.3 Å². The highest BCUT2D eigenvalue weighted by molar-refractivity contribution is 9.10. The Morgan fingerprint density at radius 3 is 3.00 bits per heavy atom. The Bertz CT molecular complexity index is 353. The number of nitrogens with zero attached hydrogens (tertiary/aromatic N) is 1. The van der Waals surface area contributed by atoms with Crippen LogP contribution in [0.5, 0.6) is 0 Å². The van der Waals surface area contributed by atoms with E-state index in [1.54, 1.807) is 6.20 Å². The highest BCUT2D eigenvalue weighted by Gasteiger charge is 2.02. The lowest BCUT2D eigenvalue weighted by molar-refractivity contribution is 0.283. The average Bonchev–Trinajstić information content (AvgIpc) is 2.24. The maximum Gasteiger partial charge on any atom is 0.280 e. The molecule has 0 saturated heterocycles. The van der Waals surface area contributed by atoms with E-state index in [2.05, 4.69) is 31.4 Å². The minimum absolute atomic E-state index is 0.232. The lowest BCUT2D eigenvalue weighted by Gasteiger charge is -2.06. The monoisotopic (exact) mass is 275 g/mol. The number of aromatic amines is 1. The number of aliphatic hydroxyl groups excluding tert-OH is 1. The quantitative estimate of drug-likeness (QED) is 0.680. The lowest BCUT2D eigenvalue weighted by atomic mass is 10.2. The van der Waals surface area contributed by atoms with Gasteiger partial charge in [0.25, 0.3) is 5.56 Å². The number of nitrogens with one attached hydrogen (secondary N) is 2. The molecule has 0 bridgehead atoms. The second-order valence-electron chi connectivity index (χ2n) is 3.14. The van der Waals surface area contributed by atoms with Crippen LogP contribution in [-0.4, -0.2) is 28.5 Å². The second kappa shape index (κ2) is 6.58. The van der Waals surface area contributed by atoms with Gasteiger partial charge in [0.05, 0.1) is 11.9 Å². The van der Waals surface area contributed by atoms with Crippen LogP contribution in [0.2, 0.25) is 0 Å². The van der Waals surface area contributed by atoms with Crippen LogP contribution >= 0.6 is 15.9 Å². The zero-order valence-corrected chi connectivity index (χ0v) is 9.88. The van der Waals surface area contributed by atoms with Crippen molar-refractivity contribution < 1.29 is 5.11 Å². The number of hydrogen-bond acceptors (Lipinski definition) is 4. The van der Waals surface area contributed by atoms with Crippen LogP contribution in [0.3, 0.4) is 0 Å². The minimum Gasteiger partial charge on any atom is -0.396 e. The van der Waals surface area contributed by atoms with Gasteiger partial charge in [0.1, 0.15) is 4.47 Å². The van der Waals surface area contributed by atoms with Crippen molar-refractivity contribution >= 4 is 21.6 Å². The van der Waals surface area contributed by atoms with Crippen molar-refractivity contribution in [1.29, 1.82) is 0 Å². The van der Waals surface area contributed by atoms with Crippen LogP contribution < -0.4 is 10.9 Å². The first-order valence-electron chi connectivity index (χ1n) is 4.83. The molecule has 0 aliphatic rings. The molecule has 3 N–H and O–H groups in total. The Morgan fingerprint density at radius 2 is 2.27 bits per heavy atom. The first kappa shape index (κ1) is 12.2. The molecule has 1 aromatic heterocycles. The molecule has 0 atom stereocenters. The van der Waals surface area contributed by atoms with Crippen LogP contribution in [0, 0.1) is 0 Å². The van der Waals surface area contributed by atoms with E-state index >= 15 is 0 Å².